The van der Waals surface area contributed by atoms with Crippen molar-refractivity contribution in [2.75, 3.05) is 25.1 Å². The molecule has 1 aliphatic heterocycles. The van der Waals surface area contributed by atoms with Crippen molar-refractivity contribution in [2.45, 2.75) is 6.92 Å². The molecule has 0 radical (unpaired) electrons. The smallest absolute Gasteiger partial charge is 0.168 e. The van der Waals surface area contributed by atoms with Crippen LogP contribution in [0.3, 0.4) is 0 Å². The lowest BCUT2D eigenvalue weighted by atomic mass is 10.1. The van der Waals surface area contributed by atoms with Crippen molar-refractivity contribution < 1.29 is 9.47 Å². The van der Waals surface area contributed by atoms with Gasteiger partial charge >= 0.3 is 0 Å². The predicted molar refractivity (Wildman–Crippen MR) is 74.8 cm³/mol. The molecule has 0 spiro atoms. The van der Waals surface area contributed by atoms with E-state index < -0.39 is 0 Å². The molecule has 1 aromatic heterocycles. The van der Waals surface area contributed by atoms with Gasteiger partial charge in [0, 0.05) is 11.8 Å². The van der Waals surface area contributed by atoms with Crippen LogP contribution in [0, 0.1) is 0 Å². The fraction of sp³-hybridized carbons (Fsp3) is 0.267. The molecule has 1 N–H and O–H groups in total. The van der Waals surface area contributed by atoms with E-state index in [1.54, 1.807) is 0 Å². The highest BCUT2D eigenvalue weighted by Crippen LogP contribution is 2.30. The van der Waals surface area contributed by atoms with E-state index >= 15 is 0 Å². The summed E-state index contributed by atoms with van der Waals surface area (Å²) in [6.45, 7) is 4.15. The molecule has 4 nitrogen and oxygen atoms in total. The first-order valence-electron chi connectivity index (χ1n) is 6.47. The zero-order valence-corrected chi connectivity index (χ0v) is 10.8. The van der Waals surface area contributed by atoms with Crippen LogP contribution in [0.4, 0.5) is 5.82 Å². The number of pyridine rings is 1. The van der Waals surface area contributed by atoms with Gasteiger partial charge in [-0.05, 0) is 30.7 Å². The van der Waals surface area contributed by atoms with Gasteiger partial charge in [0.15, 0.2) is 11.6 Å². The van der Waals surface area contributed by atoms with Gasteiger partial charge in [0.1, 0.15) is 12.4 Å². The number of rotatable bonds is 3. The lowest BCUT2D eigenvalue weighted by Crippen LogP contribution is -2.18. The Kier molecular flexibility index (Phi) is 3.23. The van der Waals surface area contributed by atoms with Gasteiger partial charge in [0.25, 0.3) is 0 Å². The molecule has 98 valence electrons. The molecule has 2 aromatic rings. The largest absolute Gasteiger partial charge is 0.494 e. The number of hydrogen-bond acceptors (Lipinski definition) is 4. The number of ether oxygens (including phenoxy) is 2. The number of fused-ring (bicyclic) bond motifs is 1. The van der Waals surface area contributed by atoms with Crippen molar-refractivity contribution in [3.8, 4) is 22.6 Å². The topological polar surface area (TPSA) is 43.4 Å². The molecule has 1 aromatic carbocycles. The summed E-state index contributed by atoms with van der Waals surface area (Å²) in [5.74, 6) is 2.52. The second-order valence-corrected chi connectivity index (χ2v) is 4.30. The fourth-order valence-electron chi connectivity index (χ4n) is 2.09. The monoisotopic (exact) mass is 256 g/mol. The number of hydrogen-bond donors (Lipinski definition) is 1. The highest BCUT2D eigenvalue weighted by Gasteiger charge is 2.12. The first-order valence-corrected chi connectivity index (χ1v) is 6.47. The van der Waals surface area contributed by atoms with Gasteiger partial charge < -0.3 is 14.8 Å². The van der Waals surface area contributed by atoms with Crippen LogP contribution in [-0.4, -0.2) is 24.7 Å². The second-order valence-electron chi connectivity index (χ2n) is 4.30. The maximum Gasteiger partial charge on any atom is 0.168 e. The van der Waals surface area contributed by atoms with Crippen molar-refractivity contribution >= 4 is 5.82 Å². The van der Waals surface area contributed by atoms with Crippen molar-refractivity contribution in [3.05, 3.63) is 36.5 Å². The lowest BCUT2D eigenvalue weighted by molar-refractivity contribution is 0.321. The second kappa shape index (κ2) is 5.18. The van der Waals surface area contributed by atoms with Gasteiger partial charge in [0.2, 0.25) is 0 Å². The third-order valence-electron chi connectivity index (χ3n) is 3.00. The van der Waals surface area contributed by atoms with E-state index in [1.165, 1.54) is 0 Å². The van der Waals surface area contributed by atoms with Crippen LogP contribution in [0.5, 0.6) is 11.5 Å². The molecule has 2 heterocycles. The van der Waals surface area contributed by atoms with Crippen molar-refractivity contribution in [2.24, 2.45) is 0 Å². The average Bonchev–Trinajstić information content (AvgIpc) is 2.48. The van der Waals surface area contributed by atoms with Crippen molar-refractivity contribution in [1.29, 1.82) is 0 Å². The number of aromatic nitrogens is 1. The Morgan fingerprint density at radius 2 is 2.11 bits per heavy atom. The highest BCUT2D eigenvalue weighted by atomic mass is 16.5. The van der Waals surface area contributed by atoms with E-state index in [0.717, 1.165) is 35.0 Å². The Balaban J connectivity index is 1.89. The van der Waals surface area contributed by atoms with E-state index in [0.29, 0.717) is 13.2 Å². The van der Waals surface area contributed by atoms with Crippen molar-refractivity contribution in [3.63, 3.8) is 0 Å². The normalized spacial score (nSPS) is 13.1. The first kappa shape index (κ1) is 11.8. The van der Waals surface area contributed by atoms with Crippen LogP contribution in [0.25, 0.3) is 11.1 Å². The lowest BCUT2D eigenvalue weighted by Gasteiger charge is -2.18. The summed E-state index contributed by atoms with van der Waals surface area (Å²) < 4.78 is 11.0. The average molecular weight is 256 g/mol. The summed E-state index contributed by atoms with van der Waals surface area (Å²) >= 11 is 0. The first-order chi connectivity index (χ1) is 9.36. The molecule has 0 fully saturated rings. The number of anilines is 1. The molecule has 0 aliphatic carbocycles. The van der Waals surface area contributed by atoms with E-state index in [4.69, 9.17) is 9.47 Å². The number of nitrogens with one attached hydrogen (secondary N) is 1. The molecule has 0 atom stereocenters. The van der Waals surface area contributed by atoms with Gasteiger partial charge in [-0.3, -0.25) is 0 Å². The molecule has 1 aliphatic rings. The standard InChI is InChI=1S/C15H16N2O2/c1-2-18-13-5-3-11(4-6-13)12-9-14-15(17-10-12)16-7-8-19-14/h3-6,9-10H,2,7-8H2,1H3,(H,16,17). The zero-order valence-electron chi connectivity index (χ0n) is 10.8. The molecule has 0 saturated carbocycles. The number of nitrogens with zero attached hydrogens (tertiary/aromatic N) is 1. The van der Waals surface area contributed by atoms with E-state index in [-0.39, 0.29) is 0 Å². The van der Waals surface area contributed by atoms with Crippen LogP contribution in [0.1, 0.15) is 6.92 Å². The molecule has 0 unspecified atom stereocenters. The van der Waals surface area contributed by atoms with Crippen LogP contribution in [0.2, 0.25) is 0 Å². The minimum absolute atomic E-state index is 0.680. The number of benzene rings is 1. The molecule has 4 heteroatoms. The Labute approximate surface area is 112 Å². The Morgan fingerprint density at radius 3 is 2.89 bits per heavy atom. The molecule has 3 rings (SSSR count). The van der Waals surface area contributed by atoms with Crippen LogP contribution >= 0.6 is 0 Å². The molecule has 0 bridgehead atoms. The van der Waals surface area contributed by atoms with Crippen LogP contribution in [0.15, 0.2) is 36.5 Å². The molecule has 0 amide bonds. The van der Waals surface area contributed by atoms with E-state index in [1.807, 2.05) is 43.5 Å². The van der Waals surface area contributed by atoms with Gasteiger partial charge in [-0.2, -0.15) is 0 Å². The quantitative estimate of drug-likeness (QED) is 0.917. The Hall–Kier alpha value is -2.23. The summed E-state index contributed by atoms with van der Waals surface area (Å²) in [5.41, 5.74) is 2.15. The third kappa shape index (κ3) is 2.47. The van der Waals surface area contributed by atoms with Gasteiger partial charge in [0.05, 0.1) is 13.2 Å². The van der Waals surface area contributed by atoms with Gasteiger partial charge in [-0.25, -0.2) is 4.98 Å². The maximum atomic E-state index is 5.60. The fourth-order valence-corrected chi connectivity index (χ4v) is 2.09. The molecular formula is C15H16N2O2. The van der Waals surface area contributed by atoms with E-state index in [9.17, 15) is 0 Å². The minimum Gasteiger partial charge on any atom is -0.494 e. The van der Waals surface area contributed by atoms with Crippen LogP contribution in [-0.2, 0) is 0 Å². The third-order valence-corrected chi connectivity index (χ3v) is 3.00. The SMILES string of the molecule is CCOc1ccc(-c2cnc3c(c2)OCCN3)cc1. The molecule has 0 saturated heterocycles. The molecule has 19 heavy (non-hydrogen) atoms. The van der Waals surface area contributed by atoms with Crippen molar-refractivity contribution in [1.82, 2.24) is 4.98 Å². The zero-order chi connectivity index (χ0) is 13.1. The summed E-state index contributed by atoms with van der Waals surface area (Å²) in [4.78, 5) is 4.39. The summed E-state index contributed by atoms with van der Waals surface area (Å²) in [6, 6.07) is 10.0. The van der Waals surface area contributed by atoms with Crippen LogP contribution < -0.4 is 14.8 Å². The van der Waals surface area contributed by atoms with E-state index in [2.05, 4.69) is 10.3 Å². The minimum atomic E-state index is 0.680. The Bertz CT molecular complexity index is 567. The maximum absolute atomic E-state index is 5.60. The predicted octanol–water partition coefficient (Wildman–Crippen LogP) is 2.95. The Morgan fingerprint density at radius 1 is 1.26 bits per heavy atom. The highest BCUT2D eigenvalue weighted by molar-refractivity contribution is 5.68. The van der Waals surface area contributed by atoms with Gasteiger partial charge in [-0.15, -0.1) is 0 Å². The molecular weight excluding hydrogens is 240 g/mol. The summed E-state index contributed by atoms with van der Waals surface area (Å²) in [7, 11) is 0. The van der Waals surface area contributed by atoms with Gasteiger partial charge in [-0.1, -0.05) is 12.1 Å². The summed E-state index contributed by atoms with van der Waals surface area (Å²) in [6.07, 6.45) is 1.86. The summed E-state index contributed by atoms with van der Waals surface area (Å²) in [5, 5.41) is 3.21.